The Hall–Kier alpha value is -1.49. The topological polar surface area (TPSA) is 32.3 Å². The second-order valence-corrected chi connectivity index (χ2v) is 3.73. The minimum Gasteiger partial charge on any atom is -0.285 e. The molecule has 1 aliphatic heterocycles. The van der Waals surface area contributed by atoms with Gasteiger partial charge in [0.2, 0.25) is 0 Å². The first kappa shape index (κ1) is 11.0. The molecule has 1 aliphatic rings. The Kier molecular flexibility index (Phi) is 3.14. The van der Waals surface area contributed by atoms with Crippen LogP contribution in [0.15, 0.2) is 18.2 Å². The number of rotatable bonds is 2. The van der Waals surface area contributed by atoms with Gasteiger partial charge in [-0.3, -0.25) is 10.2 Å². The molecule has 0 atom stereocenters. The zero-order valence-electron chi connectivity index (χ0n) is 8.67. The number of amides is 1. The highest BCUT2D eigenvalue weighted by Crippen LogP contribution is 2.12. The van der Waals surface area contributed by atoms with Crippen molar-refractivity contribution in [1.82, 2.24) is 10.4 Å². The van der Waals surface area contributed by atoms with Crippen molar-refractivity contribution in [1.29, 1.82) is 0 Å². The maximum absolute atomic E-state index is 13.3. The van der Waals surface area contributed by atoms with E-state index < -0.39 is 23.1 Å². The summed E-state index contributed by atoms with van der Waals surface area (Å²) in [5, 5.41) is 1.67. The molecule has 1 aromatic carbocycles. The van der Waals surface area contributed by atoms with E-state index in [4.69, 9.17) is 0 Å². The smallest absolute Gasteiger partial charge is 0.271 e. The molecule has 3 nitrogen and oxygen atoms in total. The first-order valence-electron chi connectivity index (χ1n) is 5.18. The largest absolute Gasteiger partial charge is 0.285 e. The number of benzene rings is 1. The van der Waals surface area contributed by atoms with Gasteiger partial charge in [-0.05, 0) is 25.0 Å². The molecular weight excluding hydrogens is 214 g/mol. The summed E-state index contributed by atoms with van der Waals surface area (Å²) < 4.78 is 26.5. The maximum atomic E-state index is 13.3. The van der Waals surface area contributed by atoms with Crippen LogP contribution in [-0.2, 0) is 0 Å². The van der Waals surface area contributed by atoms with E-state index in [2.05, 4.69) is 5.43 Å². The number of carbonyl (C=O) groups is 1. The molecule has 1 N–H and O–H groups in total. The Morgan fingerprint density at radius 2 is 1.75 bits per heavy atom. The lowest BCUT2D eigenvalue weighted by molar-refractivity contribution is 0.0817. The SMILES string of the molecule is O=C(NN1CCCC1)c1c(F)cccc1F. The molecule has 1 fully saturated rings. The molecule has 1 saturated heterocycles. The molecule has 5 heteroatoms. The van der Waals surface area contributed by atoms with Gasteiger partial charge in [-0.1, -0.05) is 6.07 Å². The van der Waals surface area contributed by atoms with Crippen LogP contribution in [0, 0.1) is 11.6 Å². The van der Waals surface area contributed by atoms with Gasteiger partial charge in [0.15, 0.2) is 0 Å². The Morgan fingerprint density at radius 1 is 1.19 bits per heavy atom. The molecule has 0 aliphatic carbocycles. The number of hydrogen-bond acceptors (Lipinski definition) is 2. The summed E-state index contributed by atoms with van der Waals surface area (Å²) in [7, 11) is 0. The predicted octanol–water partition coefficient (Wildman–Crippen LogP) is 1.71. The lowest BCUT2D eigenvalue weighted by atomic mass is 10.2. The van der Waals surface area contributed by atoms with E-state index in [9.17, 15) is 13.6 Å². The van der Waals surface area contributed by atoms with Gasteiger partial charge in [-0.15, -0.1) is 0 Å². The molecule has 0 spiro atoms. The van der Waals surface area contributed by atoms with Crippen molar-refractivity contribution in [3.05, 3.63) is 35.4 Å². The summed E-state index contributed by atoms with van der Waals surface area (Å²) in [6, 6.07) is 3.38. The summed E-state index contributed by atoms with van der Waals surface area (Å²) >= 11 is 0. The Morgan fingerprint density at radius 3 is 2.31 bits per heavy atom. The highest BCUT2D eigenvalue weighted by molar-refractivity contribution is 5.94. The van der Waals surface area contributed by atoms with Gasteiger partial charge < -0.3 is 0 Å². The molecule has 0 saturated carbocycles. The minimum absolute atomic E-state index is 0.519. The van der Waals surface area contributed by atoms with Crippen LogP contribution in [0.3, 0.4) is 0 Å². The quantitative estimate of drug-likeness (QED) is 0.832. The fourth-order valence-corrected chi connectivity index (χ4v) is 1.74. The second-order valence-electron chi connectivity index (χ2n) is 3.73. The van der Waals surface area contributed by atoms with Crippen LogP contribution in [0.4, 0.5) is 8.78 Å². The molecule has 86 valence electrons. The van der Waals surface area contributed by atoms with E-state index in [1.807, 2.05) is 0 Å². The zero-order chi connectivity index (χ0) is 11.5. The maximum Gasteiger partial charge on any atom is 0.271 e. The van der Waals surface area contributed by atoms with Crippen LogP contribution in [0.5, 0.6) is 0 Å². The van der Waals surface area contributed by atoms with Crippen LogP contribution < -0.4 is 5.43 Å². The predicted molar refractivity (Wildman–Crippen MR) is 54.6 cm³/mol. The van der Waals surface area contributed by atoms with Crippen LogP contribution in [0.25, 0.3) is 0 Å². The fourth-order valence-electron chi connectivity index (χ4n) is 1.74. The number of hydrogen-bond donors (Lipinski definition) is 1. The average Bonchev–Trinajstić information content (AvgIpc) is 2.70. The van der Waals surface area contributed by atoms with Crippen molar-refractivity contribution in [2.24, 2.45) is 0 Å². The standard InChI is InChI=1S/C11H12F2N2O/c12-8-4-3-5-9(13)10(8)11(16)14-15-6-1-2-7-15/h3-5H,1-2,6-7H2,(H,14,16). The van der Waals surface area contributed by atoms with Crippen LogP contribution in [0.1, 0.15) is 23.2 Å². The molecular formula is C11H12F2N2O. The van der Waals surface area contributed by atoms with E-state index >= 15 is 0 Å². The molecule has 1 amide bonds. The normalized spacial score (nSPS) is 16.4. The molecule has 1 aromatic rings. The van der Waals surface area contributed by atoms with E-state index in [0.717, 1.165) is 38.1 Å². The number of nitrogens with one attached hydrogen (secondary N) is 1. The Labute approximate surface area is 92.0 Å². The third kappa shape index (κ3) is 2.19. The highest BCUT2D eigenvalue weighted by atomic mass is 19.1. The van der Waals surface area contributed by atoms with Gasteiger partial charge in [0.25, 0.3) is 5.91 Å². The summed E-state index contributed by atoms with van der Waals surface area (Å²) in [6.45, 7) is 1.45. The highest BCUT2D eigenvalue weighted by Gasteiger charge is 2.20. The van der Waals surface area contributed by atoms with Gasteiger partial charge in [-0.2, -0.15) is 0 Å². The van der Waals surface area contributed by atoms with Gasteiger partial charge in [0, 0.05) is 13.1 Å². The minimum atomic E-state index is -0.836. The third-order valence-electron chi connectivity index (χ3n) is 2.56. The van der Waals surface area contributed by atoms with Gasteiger partial charge in [0.05, 0.1) is 0 Å². The van der Waals surface area contributed by atoms with E-state index in [0.29, 0.717) is 0 Å². The van der Waals surface area contributed by atoms with Crippen molar-refractivity contribution in [3.8, 4) is 0 Å². The third-order valence-corrected chi connectivity index (χ3v) is 2.56. The lowest BCUT2D eigenvalue weighted by Gasteiger charge is -2.16. The van der Waals surface area contributed by atoms with Gasteiger partial charge >= 0.3 is 0 Å². The first-order chi connectivity index (χ1) is 7.68. The molecule has 0 bridgehead atoms. The zero-order valence-corrected chi connectivity index (χ0v) is 8.67. The van der Waals surface area contributed by atoms with Gasteiger partial charge in [0.1, 0.15) is 17.2 Å². The summed E-state index contributed by atoms with van der Waals surface area (Å²) in [4.78, 5) is 11.6. The van der Waals surface area contributed by atoms with Crippen molar-refractivity contribution in [2.45, 2.75) is 12.8 Å². The van der Waals surface area contributed by atoms with Crippen molar-refractivity contribution >= 4 is 5.91 Å². The first-order valence-corrected chi connectivity index (χ1v) is 5.18. The summed E-state index contributed by atoms with van der Waals surface area (Å²) in [6.07, 6.45) is 1.97. The molecule has 2 rings (SSSR count). The number of halogens is 2. The number of nitrogens with zero attached hydrogens (tertiary/aromatic N) is 1. The van der Waals surface area contributed by atoms with Crippen molar-refractivity contribution in [3.63, 3.8) is 0 Å². The lowest BCUT2D eigenvalue weighted by Crippen LogP contribution is -2.40. The van der Waals surface area contributed by atoms with Gasteiger partial charge in [-0.25, -0.2) is 13.8 Å². The summed E-state index contributed by atoms with van der Waals surface area (Å²) in [5.74, 6) is -2.40. The van der Waals surface area contributed by atoms with Crippen LogP contribution in [-0.4, -0.2) is 24.0 Å². The average molecular weight is 226 g/mol. The molecule has 0 radical (unpaired) electrons. The van der Waals surface area contributed by atoms with Crippen LogP contribution in [0.2, 0.25) is 0 Å². The van der Waals surface area contributed by atoms with Crippen LogP contribution >= 0.6 is 0 Å². The fraction of sp³-hybridized carbons (Fsp3) is 0.364. The number of carbonyl (C=O) groups excluding carboxylic acids is 1. The Bertz CT molecular complexity index is 383. The van der Waals surface area contributed by atoms with E-state index in [-0.39, 0.29) is 0 Å². The molecule has 1 heterocycles. The Balaban J connectivity index is 2.13. The van der Waals surface area contributed by atoms with Crippen molar-refractivity contribution in [2.75, 3.05) is 13.1 Å². The summed E-state index contributed by atoms with van der Waals surface area (Å²) in [5.41, 5.74) is 1.97. The monoisotopic (exact) mass is 226 g/mol. The number of hydrazine groups is 1. The molecule has 0 unspecified atom stereocenters. The molecule has 0 aromatic heterocycles. The van der Waals surface area contributed by atoms with Crippen molar-refractivity contribution < 1.29 is 13.6 Å². The molecule has 16 heavy (non-hydrogen) atoms. The van der Waals surface area contributed by atoms with E-state index in [1.165, 1.54) is 6.07 Å². The second kappa shape index (κ2) is 4.57. The van der Waals surface area contributed by atoms with E-state index in [1.54, 1.807) is 5.01 Å².